The molecule has 7 nitrogen and oxygen atoms in total. The van der Waals surface area contributed by atoms with Crippen molar-refractivity contribution >= 4 is 11.4 Å². The molecule has 0 heterocycles. The highest BCUT2D eigenvalue weighted by Gasteiger charge is 2.24. The van der Waals surface area contributed by atoms with Crippen molar-refractivity contribution in [1.82, 2.24) is 0 Å². The number of hydrogen-bond donors (Lipinski definition) is 0. The highest BCUT2D eigenvalue weighted by molar-refractivity contribution is 5.55. The Balaban J connectivity index is 1.86. The first-order valence-corrected chi connectivity index (χ1v) is 11.7. The molecule has 0 radical (unpaired) electrons. The Kier molecular flexibility index (Phi) is 8.59. The van der Waals surface area contributed by atoms with E-state index in [0.29, 0.717) is 11.7 Å². The number of nitro groups is 2. The Morgan fingerprint density at radius 2 is 1.59 bits per heavy atom. The largest absolute Gasteiger partial charge is 0.450 e. The monoisotopic (exact) mass is 440 g/mol. The van der Waals surface area contributed by atoms with Crippen molar-refractivity contribution in [2.45, 2.75) is 83.5 Å². The average molecular weight is 441 g/mol. The third kappa shape index (κ3) is 6.28. The van der Waals surface area contributed by atoms with Crippen LogP contribution in [0.1, 0.15) is 88.2 Å². The molecular weight excluding hydrogens is 408 g/mol. The van der Waals surface area contributed by atoms with Gasteiger partial charge in [-0.3, -0.25) is 20.2 Å². The third-order valence-corrected chi connectivity index (χ3v) is 6.26. The summed E-state index contributed by atoms with van der Waals surface area (Å²) in [6, 6.07) is 9.69. The highest BCUT2D eigenvalue weighted by Crippen LogP contribution is 2.42. The zero-order valence-electron chi connectivity index (χ0n) is 18.8. The lowest BCUT2D eigenvalue weighted by atomic mass is 9.83. The van der Waals surface area contributed by atoms with Crippen LogP contribution in [0, 0.1) is 20.2 Å². The summed E-state index contributed by atoms with van der Waals surface area (Å²) in [6.45, 7) is 2.21. The molecule has 0 N–H and O–H groups in total. The second-order valence-electron chi connectivity index (χ2n) is 8.64. The zero-order valence-corrected chi connectivity index (χ0v) is 18.8. The van der Waals surface area contributed by atoms with Gasteiger partial charge in [0.1, 0.15) is 5.75 Å². The highest BCUT2D eigenvalue weighted by atomic mass is 16.6. The van der Waals surface area contributed by atoms with Gasteiger partial charge in [-0.2, -0.15) is 0 Å². The van der Waals surface area contributed by atoms with E-state index >= 15 is 0 Å². The van der Waals surface area contributed by atoms with Crippen molar-refractivity contribution < 1.29 is 14.6 Å². The number of ether oxygens (including phenoxy) is 1. The van der Waals surface area contributed by atoms with Gasteiger partial charge in [0.15, 0.2) is 0 Å². The molecule has 1 saturated carbocycles. The van der Waals surface area contributed by atoms with Crippen molar-refractivity contribution in [3.05, 3.63) is 67.8 Å². The normalized spacial score (nSPS) is 14.3. The van der Waals surface area contributed by atoms with E-state index in [1.807, 2.05) is 12.1 Å². The first-order valence-electron chi connectivity index (χ1n) is 11.7. The molecule has 0 spiro atoms. The molecule has 7 heteroatoms. The Bertz CT molecular complexity index is 938. The summed E-state index contributed by atoms with van der Waals surface area (Å²) in [5.74, 6) is 1.02. The van der Waals surface area contributed by atoms with Crippen LogP contribution in [-0.4, -0.2) is 9.85 Å². The molecule has 1 aliphatic carbocycles. The van der Waals surface area contributed by atoms with Gasteiger partial charge in [0.25, 0.3) is 5.69 Å². The van der Waals surface area contributed by atoms with Crippen molar-refractivity contribution in [2.75, 3.05) is 0 Å². The number of hydrogen-bond acceptors (Lipinski definition) is 5. The smallest absolute Gasteiger partial charge is 0.318 e. The van der Waals surface area contributed by atoms with Crippen molar-refractivity contribution in [2.24, 2.45) is 0 Å². The minimum atomic E-state index is -0.639. The summed E-state index contributed by atoms with van der Waals surface area (Å²) in [4.78, 5) is 21.3. The van der Waals surface area contributed by atoms with Crippen LogP contribution in [0.3, 0.4) is 0 Å². The fraction of sp³-hybridized carbons (Fsp3) is 0.520. The van der Waals surface area contributed by atoms with Gasteiger partial charge >= 0.3 is 5.69 Å². The molecule has 1 fully saturated rings. The summed E-state index contributed by atoms with van der Waals surface area (Å²) in [7, 11) is 0. The van der Waals surface area contributed by atoms with Gasteiger partial charge in [0, 0.05) is 6.07 Å². The third-order valence-electron chi connectivity index (χ3n) is 6.26. The Hall–Kier alpha value is -2.96. The molecule has 0 aliphatic heterocycles. The summed E-state index contributed by atoms with van der Waals surface area (Å²) in [5.41, 5.74) is 1.65. The molecule has 3 rings (SSSR count). The fourth-order valence-electron chi connectivity index (χ4n) is 4.48. The SMILES string of the molecule is CCCCCCCc1ccc(Oc2ccc([N+](=O)[O-])cc2[N+](=O)[O-])c(C2CCCCC2)c1. The minimum Gasteiger partial charge on any atom is -0.450 e. The molecule has 32 heavy (non-hydrogen) atoms. The van der Waals surface area contributed by atoms with Crippen LogP contribution in [0.2, 0.25) is 0 Å². The number of unbranched alkanes of at least 4 members (excludes halogenated alkanes) is 4. The predicted octanol–water partition coefficient (Wildman–Crippen LogP) is 7.86. The molecule has 2 aromatic carbocycles. The maximum Gasteiger partial charge on any atom is 0.318 e. The quantitative estimate of drug-likeness (QED) is 0.201. The van der Waals surface area contributed by atoms with E-state index in [4.69, 9.17) is 4.74 Å². The van der Waals surface area contributed by atoms with Crippen LogP contribution in [0.5, 0.6) is 11.5 Å². The van der Waals surface area contributed by atoms with Gasteiger partial charge < -0.3 is 4.74 Å². The van der Waals surface area contributed by atoms with E-state index in [2.05, 4.69) is 13.0 Å². The number of benzene rings is 2. The number of rotatable bonds is 11. The Morgan fingerprint density at radius 3 is 2.28 bits per heavy atom. The van der Waals surface area contributed by atoms with Crippen molar-refractivity contribution in [3.63, 3.8) is 0 Å². The van der Waals surface area contributed by atoms with Crippen LogP contribution in [0.4, 0.5) is 11.4 Å². The molecule has 0 saturated heterocycles. The molecule has 1 aliphatic rings. The number of non-ortho nitro benzene ring substituents is 1. The molecule has 172 valence electrons. The molecule has 2 aromatic rings. The summed E-state index contributed by atoms with van der Waals surface area (Å²) in [5, 5.41) is 22.6. The van der Waals surface area contributed by atoms with E-state index in [-0.39, 0.29) is 11.4 Å². The topological polar surface area (TPSA) is 95.5 Å². The van der Waals surface area contributed by atoms with Crippen LogP contribution in [0.15, 0.2) is 36.4 Å². The van der Waals surface area contributed by atoms with Crippen LogP contribution < -0.4 is 4.74 Å². The van der Waals surface area contributed by atoms with Gasteiger partial charge in [-0.05, 0) is 54.9 Å². The zero-order chi connectivity index (χ0) is 22.9. The van der Waals surface area contributed by atoms with Gasteiger partial charge in [0.2, 0.25) is 5.75 Å². The molecular formula is C25H32N2O5. The second-order valence-corrected chi connectivity index (χ2v) is 8.64. The van der Waals surface area contributed by atoms with E-state index in [0.717, 1.165) is 37.3 Å². The lowest BCUT2D eigenvalue weighted by Crippen LogP contribution is -2.07. The fourth-order valence-corrected chi connectivity index (χ4v) is 4.48. The van der Waals surface area contributed by atoms with E-state index in [1.54, 1.807) is 0 Å². The van der Waals surface area contributed by atoms with Gasteiger partial charge in [0.05, 0.1) is 15.9 Å². The van der Waals surface area contributed by atoms with E-state index in [1.165, 1.54) is 62.6 Å². The number of nitro benzene ring substituents is 2. The first-order chi connectivity index (χ1) is 15.5. The van der Waals surface area contributed by atoms with Gasteiger partial charge in [-0.1, -0.05) is 64.0 Å². The van der Waals surface area contributed by atoms with Crippen molar-refractivity contribution in [1.29, 1.82) is 0 Å². The summed E-state index contributed by atoms with van der Waals surface area (Å²) >= 11 is 0. The molecule has 0 unspecified atom stereocenters. The average Bonchev–Trinajstić information content (AvgIpc) is 2.80. The van der Waals surface area contributed by atoms with Gasteiger partial charge in [-0.25, -0.2) is 0 Å². The molecule has 0 amide bonds. The molecule has 0 aromatic heterocycles. The maximum atomic E-state index is 11.5. The molecule has 0 bridgehead atoms. The maximum absolute atomic E-state index is 11.5. The van der Waals surface area contributed by atoms with E-state index < -0.39 is 15.5 Å². The minimum absolute atomic E-state index is 0.0324. The van der Waals surface area contributed by atoms with Crippen LogP contribution in [0.25, 0.3) is 0 Å². The lowest BCUT2D eigenvalue weighted by Gasteiger charge is -2.25. The first kappa shape index (κ1) is 23.7. The predicted molar refractivity (Wildman–Crippen MR) is 125 cm³/mol. The lowest BCUT2D eigenvalue weighted by molar-refractivity contribution is -0.394. The van der Waals surface area contributed by atoms with E-state index in [9.17, 15) is 20.2 Å². The number of nitrogens with zero attached hydrogens (tertiary/aromatic N) is 2. The molecule has 0 atom stereocenters. The summed E-state index contributed by atoms with van der Waals surface area (Å²) < 4.78 is 6.04. The number of aryl methyl sites for hydroxylation is 1. The second kappa shape index (κ2) is 11.6. The standard InChI is InChI=1S/C25H32N2O5/c1-2-3-4-5-7-10-19-13-15-24(22(17-19)20-11-8-6-9-12-20)32-25-16-14-21(26(28)29)18-23(25)27(30)31/h13-18,20H,2-12H2,1H3. The Morgan fingerprint density at radius 1 is 0.875 bits per heavy atom. The van der Waals surface area contributed by atoms with Crippen LogP contribution >= 0.6 is 0 Å². The van der Waals surface area contributed by atoms with Crippen LogP contribution in [-0.2, 0) is 6.42 Å². The Labute approximate surface area is 189 Å². The summed E-state index contributed by atoms with van der Waals surface area (Å²) in [6.07, 6.45) is 12.9. The van der Waals surface area contributed by atoms with Crippen molar-refractivity contribution in [3.8, 4) is 11.5 Å². The van der Waals surface area contributed by atoms with Gasteiger partial charge in [-0.15, -0.1) is 0 Å².